The zero-order valence-electron chi connectivity index (χ0n) is 11.7. The van der Waals surface area contributed by atoms with Gasteiger partial charge in [0.25, 0.3) is 0 Å². The van der Waals surface area contributed by atoms with E-state index in [1.165, 1.54) is 5.56 Å². The molecule has 1 heterocycles. The molecule has 2 aromatic carbocycles. The van der Waals surface area contributed by atoms with Crippen LogP contribution in [0.2, 0.25) is 0 Å². The first-order chi connectivity index (χ1) is 9.48. The second-order valence-electron chi connectivity index (χ2n) is 5.87. The van der Waals surface area contributed by atoms with Crippen LogP contribution in [0, 0.1) is 5.82 Å². The Labute approximate surface area is 118 Å². The first-order valence-corrected chi connectivity index (χ1v) is 6.79. The average molecular weight is 271 g/mol. The van der Waals surface area contributed by atoms with Crippen molar-refractivity contribution in [2.75, 3.05) is 0 Å². The highest BCUT2D eigenvalue weighted by Crippen LogP contribution is 2.37. The van der Waals surface area contributed by atoms with Gasteiger partial charge in [0.1, 0.15) is 17.2 Å². The predicted octanol–water partition coefficient (Wildman–Crippen LogP) is 3.66. The largest absolute Gasteiger partial charge is 0.487 e. The summed E-state index contributed by atoms with van der Waals surface area (Å²) >= 11 is 0. The maximum absolute atomic E-state index is 13.8. The number of halogens is 1. The molecule has 0 radical (unpaired) electrons. The first-order valence-electron chi connectivity index (χ1n) is 6.79. The molecule has 0 spiro atoms. The molecule has 0 saturated carbocycles. The quantitative estimate of drug-likeness (QED) is 0.904. The zero-order valence-corrected chi connectivity index (χ0v) is 11.7. The van der Waals surface area contributed by atoms with Gasteiger partial charge in [0, 0.05) is 18.5 Å². The molecular weight excluding hydrogens is 253 g/mol. The minimum Gasteiger partial charge on any atom is -0.487 e. The van der Waals surface area contributed by atoms with E-state index >= 15 is 0 Å². The van der Waals surface area contributed by atoms with Crippen molar-refractivity contribution in [2.24, 2.45) is 5.73 Å². The number of rotatable bonds is 2. The van der Waals surface area contributed by atoms with Gasteiger partial charge in [-0.25, -0.2) is 4.39 Å². The fourth-order valence-electron chi connectivity index (χ4n) is 2.68. The second-order valence-corrected chi connectivity index (χ2v) is 5.87. The fraction of sp³-hybridized carbons (Fsp3) is 0.294. The van der Waals surface area contributed by atoms with Crippen LogP contribution in [0.5, 0.6) is 5.75 Å². The minimum atomic E-state index is -0.248. The molecule has 0 aromatic heterocycles. The molecule has 2 aromatic rings. The lowest BCUT2D eigenvalue weighted by molar-refractivity contribution is 0.138. The van der Waals surface area contributed by atoms with Crippen LogP contribution in [0.25, 0.3) is 11.1 Å². The Hall–Kier alpha value is -1.87. The molecule has 3 heteroatoms. The van der Waals surface area contributed by atoms with Crippen LogP contribution >= 0.6 is 0 Å². The van der Waals surface area contributed by atoms with E-state index in [0.717, 1.165) is 23.3 Å². The lowest BCUT2D eigenvalue weighted by Gasteiger charge is -2.16. The van der Waals surface area contributed by atoms with Gasteiger partial charge >= 0.3 is 0 Å². The van der Waals surface area contributed by atoms with E-state index in [2.05, 4.69) is 19.9 Å². The Kier molecular flexibility index (Phi) is 3.02. The smallest absolute Gasteiger partial charge is 0.128 e. The molecule has 2 N–H and O–H groups in total. The monoisotopic (exact) mass is 271 g/mol. The third kappa shape index (κ3) is 2.29. The van der Waals surface area contributed by atoms with Gasteiger partial charge in [0.2, 0.25) is 0 Å². The van der Waals surface area contributed by atoms with Crippen molar-refractivity contribution >= 4 is 0 Å². The average Bonchev–Trinajstić information content (AvgIpc) is 2.71. The number of fused-ring (bicyclic) bond motifs is 1. The highest BCUT2D eigenvalue weighted by molar-refractivity contribution is 5.66. The molecule has 0 aliphatic carbocycles. The maximum atomic E-state index is 13.8. The molecule has 104 valence electrons. The predicted molar refractivity (Wildman–Crippen MR) is 78.1 cm³/mol. The molecule has 0 saturated heterocycles. The van der Waals surface area contributed by atoms with E-state index < -0.39 is 0 Å². The van der Waals surface area contributed by atoms with Crippen molar-refractivity contribution in [3.8, 4) is 16.9 Å². The van der Waals surface area contributed by atoms with Crippen LogP contribution < -0.4 is 10.5 Å². The summed E-state index contributed by atoms with van der Waals surface area (Å²) in [5.41, 5.74) is 8.92. The molecule has 0 bridgehead atoms. The molecule has 1 aliphatic rings. The van der Waals surface area contributed by atoms with E-state index in [4.69, 9.17) is 10.5 Å². The van der Waals surface area contributed by atoms with Crippen molar-refractivity contribution in [2.45, 2.75) is 32.4 Å². The fourth-order valence-corrected chi connectivity index (χ4v) is 2.68. The SMILES string of the molecule is CC1(C)Cc2cc(-c3ccc(CN)c(F)c3)ccc2O1. The summed E-state index contributed by atoms with van der Waals surface area (Å²) in [6.45, 7) is 4.36. The molecule has 1 aliphatic heterocycles. The second kappa shape index (κ2) is 4.60. The van der Waals surface area contributed by atoms with Gasteiger partial charge in [-0.1, -0.05) is 18.2 Å². The van der Waals surface area contributed by atoms with Gasteiger partial charge in [0.15, 0.2) is 0 Å². The minimum absolute atomic E-state index is 0.157. The molecular formula is C17H18FNO. The van der Waals surface area contributed by atoms with Gasteiger partial charge < -0.3 is 10.5 Å². The summed E-state index contributed by atoms with van der Waals surface area (Å²) in [5.74, 6) is 0.680. The van der Waals surface area contributed by atoms with Crippen molar-refractivity contribution < 1.29 is 9.13 Å². The van der Waals surface area contributed by atoms with E-state index in [1.807, 2.05) is 18.2 Å². The standard InChI is InChI=1S/C17H18FNO/c1-17(2)9-14-7-11(5-6-16(14)20-17)12-3-4-13(10-19)15(18)8-12/h3-8H,9-10,19H2,1-2H3. The summed E-state index contributed by atoms with van der Waals surface area (Å²) < 4.78 is 19.7. The van der Waals surface area contributed by atoms with Crippen molar-refractivity contribution in [3.05, 3.63) is 53.3 Å². The number of benzene rings is 2. The Bertz CT molecular complexity index is 664. The van der Waals surface area contributed by atoms with Crippen molar-refractivity contribution in [1.82, 2.24) is 0 Å². The van der Waals surface area contributed by atoms with Gasteiger partial charge in [-0.3, -0.25) is 0 Å². The lowest BCUT2D eigenvalue weighted by atomic mass is 9.97. The third-order valence-corrected chi connectivity index (χ3v) is 3.67. The molecule has 0 unspecified atom stereocenters. The highest BCUT2D eigenvalue weighted by Gasteiger charge is 2.29. The Morgan fingerprint density at radius 1 is 1.15 bits per heavy atom. The maximum Gasteiger partial charge on any atom is 0.128 e. The molecule has 0 atom stereocenters. The van der Waals surface area contributed by atoms with Crippen LogP contribution in [-0.2, 0) is 13.0 Å². The van der Waals surface area contributed by atoms with E-state index in [1.54, 1.807) is 12.1 Å². The molecule has 2 nitrogen and oxygen atoms in total. The molecule has 3 rings (SSSR count). The number of hydrogen-bond donors (Lipinski definition) is 1. The summed E-state index contributed by atoms with van der Waals surface area (Å²) in [5, 5.41) is 0. The zero-order chi connectivity index (χ0) is 14.3. The van der Waals surface area contributed by atoms with E-state index in [-0.39, 0.29) is 18.0 Å². The number of nitrogens with two attached hydrogens (primary N) is 1. The van der Waals surface area contributed by atoms with Gasteiger partial charge in [-0.15, -0.1) is 0 Å². The van der Waals surface area contributed by atoms with E-state index in [0.29, 0.717) is 5.56 Å². The van der Waals surface area contributed by atoms with E-state index in [9.17, 15) is 4.39 Å². The topological polar surface area (TPSA) is 35.2 Å². The normalized spacial score (nSPS) is 15.8. The Morgan fingerprint density at radius 3 is 2.55 bits per heavy atom. The number of ether oxygens (including phenoxy) is 1. The molecule has 0 fully saturated rings. The summed E-state index contributed by atoms with van der Waals surface area (Å²) in [6.07, 6.45) is 0.875. The Balaban J connectivity index is 1.99. The van der Waals surface area contributed by atoms with Crippen LogP contribution in [0.4, 0.5) is 4.39 Å². The molecule has 0 amide bonds. The molecule has 20 heavy (non-hydrogen) atoms. The van der Waals surface area contributed by atoms with Crippen LogP contribution in [0.3, 0.4) is 0 Å². The summed E-state index contributed by atoms with van der Waals surface area (Å²) in [7, 11) is 0. The van der Waals surface area contributed by atoms with Crippen LogP contribution in [0.15, 0.2) is 36.4 Å². The van der Waals surface area contributed by atoms with Gasteiger partial charge in [-0.2, -0.15) is 0 Å². The first kappa shape index (κ1) is 13.1. The Morgan fingerprint density at radius 2 is 1.85 bits per heavy atom. The van der Waals surface area contributed by atoms with Crippen LogP contribution in [0.1, 0.15) is 25.0 Å². The summed E-state index contributed by atoms with van der Waals surface area (Å²) in [6, 6.07) is 11.2. The third-order valence-electron chi connectivity index (χ3n) is 3.67. The number of hydrogen-bond acceptors (Lipinski definition) is 2. The van der Waals surface area contributed by atoms with Crippen molar-refractivity contribution in [3.63, 3.8) is 0 Å². The highest BCUT2D eigenvalue weighted by atomic mass is 19.1. The lowest BCUT2D eigenvalue weighted by Crippen LogP contribution is -2.24. The van der Waals surface area contributed by atoms with Gasteiger partial charge in [0.05, 0.1) is 0 Å². The van der Waals surface area contributed by atoms with Crippen LogP contribution in [-0.4, -0.2) is 5.60 Å². The summed E-state index contributed by atoms with van der Waals surface area (Å²) in [4.78, 5) is 0. The van der Waals surface area contributed by atoms with Gasteiger partial charge in [-0.05, 0) is 48.7 Å². The van der Waals surface area contributed by atoms with Crippen molar-refractivity contribution in [1.29, 1.82) is 0 Å².